The molecule has 2 aromatic rings. The van der Waals surface area contributed by atoms with Crippen molar-refractivity contribution in [2.24, 2.45) is 7.05 Å². The first kappa shape index (κ1) is 13.1. The zero-order valence-electron chi connectivity index (χ0n) is 10.7. The minimum atomic E-state index is -0.372. The number of halogens is 1. The largest absolute Gasteiger partial charge is 0.358 e. The predicted molar refractivity (Wildman–Crippen MR) is 69.3 cm³/mol. The van der Waals surface area contributed by atoms with Gasteiger partial charge in [-0.15, -0.1) is 0 Å². The van der Waals surface area contributed by atoms with Crippen LogP contribution in [0.1, 0.15) is 10.5 Å². The zero-order valence-corrected chi connectivity index (χ0v) is 10.7. The van der Waals surface area contributed by atoms with E-state index in [9.17, 15) is 14.0 Å². The standard InChI is InChI=1S/C13H14FN3O2/c1-15-12(18)7-16-13(19)11-5-8-3-4-9(14)6-10(8)17(11)2/h3-6H,7H2,1-2H3,(H,15,18)(H,16,19). The van der Waals surface area contributed by atoms with E-state index in [0.717, 1.165) is 5.39 Å². The van der Waals surface area contributed by atoms with Crippen LogP contribution in [0, 0.1) is 5.82 Å². The summed E-state index contributed by atoms with van der Waals surface area (Å²) < 4.78 is 14.8. The van der Waals surface area contributed by atoms with Crippen molar-refractivity contribution >= 4 is 22.7 Å². The molecule has 0 radical (unpaired) electrons. The molecule has 5 nitrogen and oxygen atoms in total. The monoisotopic (exact) mass is 263 g/mol. The maximum atomic E-state index is 13.2. The van der Waals surface area contributed by atoms with E-state index in [4.69, 9.17) is 0 Å². The van der Waals surface area contributed by atoms with Gasteiger partial charge < -0.3 is 15.2 Å². The number of hydrogen-bond acceptors (Lipinski definition) is 2. The maximum absolute atomic E-state index is 13.2. The summed E-state index contributed by atoms with van der Waals surface area (Å²) in [7, 11) is 3.17. The zero-order chi connectivity index (χ0) is 14.0. The van der Waals surface area contributed by atoms with E-state index in [1.165, 1.54) is 19.2 Å². The molecule has 0 aliphatic rings. The number of rotatable bonds is 3. The van der Waals surface area contributed by atoms with E-state index in [0.29, 0.717) is 11.2 Å². The Morgan fingerprint density at radius 3 is 2.74 bits per heavy atom. The van der Waals surface area contributed by atoms with Gasteiger partial charge in [0.25, 0.3) is 5.91 Å². The summed E-state index contributed by atoms with van der Waals surface area (Å²) in [5, 5.41) is 5.68. The molecular formula is C13H14FN3O2. The van der Waals surface area contributed by atoms with Gasteiger partial charge in [-0.1, -0.05) is 0 Å². The Bertz CT molecular complexity index is 649. The van der Waals surface area contributed by atoms with Crippen molar-refractivity contribution in [3.05, 3.63) is 35.8 Å². The van der Waals surface area contributed by atoms with E-state index < -0.39 is 0 Å². The number of nitrogens with zero attached hydrogens (tertiary/aromatic N) is 1. The second-order valence-corrected chi connectivity index (χ2v) is 4.15. The van der Waals surface area contributed by atoms with Crippen molar-refractivity contribution in [1.82, 2.24) is 15.2 Å². The number of aryl methyl sites for hydroxylation is 1. The Morgan fingerprint density at radius 1 is 1.32 bits per heavy atom. The van der Waals surface area contributed by atoms with Crippen LogP contribution in [0.15, 0.2) is 24.3 Å². The summed E-state index contributed by atoms with van der Waals surface area (Å²) in [6, 6.07) is 5.98. The highest BCUT2D eigenvalue weighted by atomic mass is 19.1. The highest BCUT2D eigenvalue weighted by Crippen LogP contribution is 2.19. The fourth-order valence-corrected chi connectivity index (χ4v) is 1.86. The molecule has 1 heterocycles. The maximum Gasteiger partial charge on any atom is 0.268 e. The molecule has 1 aromatic heterocycles. The number of benzene rings is 1. The first-order valence-corrected chi connectivity index (χ1v) is 5.76. The van der Waals surface area contributed by atoms with Crippen LogP contribution < -0.4 is 10.6 Å². The van der Waals surface area contributed by atoms with E-state index in [1.54, 1.807) is 23.7 Å². The average Bonchev–Trinajstić information content (AvgIpc) is 2.73. The third-order valence-corrected chi connectivity index (χ3v) is 2.93. The smallest absolute Gasteiger partial charge is 0.268 e. The number of likely N-dealkylation sites (N-methyl/N-ethyl adjacent to an activating group) is 1. The van der Waals surface area contributed by atoms with Gasteiger partial charge >= 0.3 is 0 Å². The van der Waals surface area contributed by atoms with Crippen LogP contribution in [-0.2, 0) is 11.8 Å². The Kier molecular flexibility index (Phi) is 3.50. The molecule has 0 fully saturated rings. The molecule has 0 aliphatic carbocycles. The van der Waals surface area contributed by atoms with Crippen LogP contribution in [-0.4, -0.2) is 30.0 Å². The van der Waals surface area contributed by atoms with Crippen molar-refractivity contribution in [3.8, 4) is 0 Å². The molecule has 19 heavy (non-hydrogen) atoms. The number of hydrogen-bond donors (Lipinski definition) is 2. The molecule has 0 bridgehead atoms. The lowest BCUT2D eigenvalue weighted by molar-refractivity contribution is -0.119. The van der Waals surface area contributed by atoms with Crippen LogP contribution in [0.4, 0.5) is 4.39 Å². The van der Waals surface area contributed by atoms with Gasteiger partial charge in [-0.05, 0) is 24.3 Å². The summed E-state index contributed by atoms with van der Waals surface area (Å²) in [5.41, 5.74) is 1.01. The minimum Gasteiger partial charge on any atom is -0.358 e. The van der Waals surface area contributed by atoms with Crippen molar-refractivity contribution in [2.75, 3.05) is 13.6 Å². The van der Waals surface area contributed by atoms with Gasteiger partial charge in [0.2, 0.25) is 5.91 Å². The summed E-state index contributed by atoms with van der Waals surface area (Å²) in [6.07, 6.45) is 0. The Morgan fingerprint density at radius 2 is 2.05 bits per heavy atom. The lowest BCUT2D eigenvalue weighted by atomic mass is 10.2. The number of carbonyl (C=O) groups is 2. The highest BCUT2D eigenvalue weighted by Gasteiger charge is 2.14. The molecular weight excluding hydrogens is 249 g/mol. The van der Waals surface area contributed by atoms with Gasteiger partial charge in [0.15, 0.2) is 0 Å². The molecule has 1 aromatic carbocycles. The molecule has 2 N–H and O–H groups in total. The van der Waals surface area contributed by atoms with Gasteiger partial charge in [-0.25, -0.2) is 4.39 Å². The lowest BCUT2D eigenvalue weighted by Crippen LogP contribution is -2.35. The molecule has 2 rings (SSSR count). The quantitative estimate of drug-likeness (QED) is 0.860. The summed E-state index contributed by atoms with van der Waals surface area (Å²) in [5.74, 6) is -1.01. The van der Waals surface area contributed by atoms with Crippen LogP contribution in [0.5, 0.6) is 0 Å². The topological polar surface area (TPSA) is 63.1 Å². The second-order valence-electron chi connectivity index (χ2n) is 4.15. The van der Waals surface area contributed by atoms with Crippen molar-refractivity contribution in [2.45, 2.75) is 0 Å². The van der Waals surface area contributed by atoms with Gasteiger partial charge in [-0.2, -0.15) is 0 Å². The third-order valence-electron chi connectivity index (χ3n) is 2.93. The highest BCUT2D eigenvalue weighted by molar-refractivity contribution is 6.00. The van der Waals surface area contributed by atoms with Crippen LogP contribution in [0.2, 0.25) is 0 Å². The fourth-order valence-electron chi connectivity index (χ4n) is 1.86. The number of nitrogens with one attached hydrogen (secondary N) is 2. The summed E-state index contributed by atoms with van der Waals surface area (Å²) >= 11 is 0. The average molecular weight is 263 g/mol. The molecule has 0 saturated carbocycles. The molecule has 6 heteroatoms. The Balaban J connectivity index is 2.27. The minimum absolute atomic E-state index is 0.0920. The van der Waals surface area contributed by atoms with E-state index in [1.807, 2.05) is 0 Å². The van der Waals surface area contributed by atoms with Crippen LogP contribution >= 0.6 is 0 Å². The van der Waals surface area contributed by atoms with Gasteiger partial charge in [0, 0.05) is 19.5 Å². The van der Waals surface area contributed by atoms with E-state index in [2.05, 4.69) is 10.6 Å². The van der Waals surface area contributed by atoms with Crippen LogP contribution in [0.3, 0.4) is 0 Å². The normalized spacial score (nSPS) is 10.5. The van der Waals surface area contributed by atoms with Gasteiger partial charge in [0.1, 0.15) is 11.5 Å². The number of aromatic nitrogens is 1. The molecule has 100 valence electrons. The Labute approximate surface area is 109 Å². The molecule has 0 aliphatic heterocycles. The SMILES string of the molecule is CNC(=O)CNC(=O)c1cc2ccc(F)cc2n1C. The number of amides is 2. The predicted octanol–water partition coefficient (Wildman–Crippen LogP) is 0.793. The van der Waals surface area contributed by atoms with Crippen molar-refractivity contribution < 1.29 is 14.0 Å². The number of fused-ring (bicyclic) bond motifs is 1. The summed E-state index contributed by atoms with van der Waals surface area (Å²) in [4.78, 5) is 23.0. The third kappa shape index (κ3) is 2.57. The van der Waals surface area contributed by atoms with Crippen LogP contribution in [0.25, 0.3) is 10.9 Å². The lowest BCUT2D eigenvalue weighted by Gasteiger charge is -2.05. The first-order valence-electron chi connectivity index (χ1n) is 5.76. The van der Waals surface area contributed by atoms with Crippen molar-refractivity contribution in [1.29, 1.82) is 0 Å². The fraction of sp³-hybridized carbons (Fsp3) is 0.231. The van der Waals surface area contributed by atoms with E-state index in [-0.39, 0.29) is 24.2 Å². The number of carbonyl (C=O) groups excluding carboxylic acids is 2. The van der Waals surface area contributed by atoms with Gasteiger partial charge in [0.05, 0.1) is 12.1 Å². The van der Waals surface area contributed by atoms with E-state index >= 15 is 0 Å². The second kappa shape index (κ2) is 5.09. The molecule has 0 spiro atoms. The Hall–Kier alpha value is -2.37. The van der Waals surface area contributed by atoms with Crippen molar-refractivity contribution in [3.63, 3.8) is 0 Å². The summed E-state index contributed by atoms with van der Waals surface area (Å²) in [6.45, 7) is -0.0920. The first-order chi connectivity index (χ1) is 9.02. The van der Waals surface area contributed by atoms with Gasteiger partial charge in [-0.3, -0.25) is 9.59 Å². The molecule has 0 unspecified atom stereocenters. The molecule has 0 atom stereocenters. The molecule has 2 amide bonds. The molecule has 0 saturated heterocycles.